The van der Waals surface area contributed by atoms with Gasteiger partial charge in [-0.3, -0.25) is 0 Å². The highest BCUT2D eigenvalue weighted by Gasteiger charge is 2.56. The Morgan fingerprint density at radius 1 is 1.15 bits per heavy atom. The molecule has 0 unspecified atom stereocenters. The van der Waals surface area contributed by atoms with E-state index in [0.29, 0.717) is 17.8 Å². The Balaban J connectivity index is 1.37. The summed E-state index contributed by atoms with van der Waals surface area (Å²) in [4.78, 5) is 8.20. The van der Waals surface area contributed by atoms with E-state index < -0.39 is 0 Å². The van der Waals surface area contributed by atoms with E-state index in [1.165, 1.54) is 24.8 Å². The van der Waals surface area contributed by atoms with Gasteiger partial charge in [0.2, 0.25) is 0 Å². The van der Waals surface area contributed by atoms with E-state index in [-0.39, 0.29) is 29.5 Å². The van der Waals surface area contributed by atoms with Crippen molar-refractivity contribution in [1.29, 1.82) is 0 Å². The van der Waals surface area contributed by atoms with Gasteiger partial charge in [0.1, 0.15) is 5.82 Å². The normalized spacial score (nSPS) is 39.2. The van der Waals surface area contributed by atoms with Crippen LogP contribution in [0.15, 0.2) is 36.4 Å². The largest absolute Gasteiger partial charge is 0.396 e. The maximum Gasteiger partial charge on any atom is 0.121 e. The summed E-state index contributed by atoms with van der Waals surface area (Å²) in [7, 11) is 0. The second kappa shape index (κ2) is 8.83. The van der Waals surface area contributed by atoms with E-state index in [2.05, 4.69) is 42.9 Å². The highest BCUT2D eigenvalue weighted by Crippen LogP contribution is 2.63. The summed E-state index contributed by atoms with van der Waals surface area (Å²) in [6.07, 6.45) is 7.10. The van der Waals surface area contributed by atoms with Crippen molar-refractivity contribution >= 4 is 11.0 Å². The molecule has 0 amide bonds. The lowest BCUT2D eigenvalue weighted by atomic mass is 9.49. The van der Waals surface area contributed by atoms with E-state index in [4.69, 9.17) is 4.98 Å². The molecule has 1 aromatic carbocycles. The van der Waals surface area contributed by atoms with Crippen LogP contribution in [0.3, 0.4) is 0 Å². The van der Waals surface area contributed by atoms with Gasteiger partial charge in [-0.15, -0.1) is 0 Å². The number of nitrogens with zero attached hydrogens (tertiary/aromatic N) is 1. The minimum absolute atomic E-state index is 0.0743. The van der Waals surface area contributed by atoms with Gasteiger partial charge in [-0.1, -0.05) is 38.1 Å². The first-order valence-electron chi connectivity index (χ1n) is 13.0. The fourth-order valence-electron chi connectivity index (χ4n) is 7.91. The lowest BCUT2D eigenvalue weighted by Gasteiger charge is -2.56. The number of aromatic nitrogens is 2. The Labute approximate surface area is 198 Å². The summed E-state index contributed by atoms with van der Waals surface area (Å²) in [5, 5.41) is 24.4. The monoisotopic (exact) mass is 451 g/mol. The maximum absolute atomic E-state index is 10.3. The molecule has 0 spiro atoms. The Kier molecular flexibility index (Phi) is 6.17. The Morgan fingerprint density at radius 3 is 2.76 bits per heavy atom. The van der Waals surface area contributed by atoms with E-state index >= 15 is 0 Å². The molecule has 0 bridgehead atoms. The number of nitrogens with one attached hydrogen (secondary N) is 2. The Bertz CT molecular complexity index is 969. The number of hydrogen-bond donors (Lipinski definition) is 4. The fraction of sp³-hybridized carbons (Fsp3) is 0.679. The number of H-pyrrole nitrogens is 1. The first-order valence-corrected chi connectivity index (χ1v) is 13.0. The van der Waals surface area contributed by atoms with Crippen LogP contribution in [0.4, 0.5) is 0 Å². The molecule has 33 heavy (non-hydrogen) atoms. The molecule has 3 fully saturated rings. The maximum atomic E-state index is 10.3. The second-order valence-electron chi connectivity index (χ2n) is 11.6. The quantitative estimate of drug-likeness (QED) is 0.475. The number of aliphatic hydroxyl groups excluding tert-OH is 2. The molecular formula is C28H41N3O2. The zero-order valence-electron chi connectivity index (χ0n) is 20.3. The van der Waals surface area contributed by atoms with Crippen LogP contribution in [-0.4, -0.2) is 39.4 Å². The fourth-order valence-corrected chi connectivity index (χ4v) is 7.91. The third kappa shape index (κ3) is 3.96. The van der Waals surface area contributed by atoms with E-state index in [9.17, 15) is 10.2 Å². The van der Waals surface area contributed by atoms with Crippen molar-refractivity contribution < 1.29 is 10.2 Å². The minimum Gasteiger partial charge on any atom is -0.396 e. The number of hydrogen-bond acceptors (Lipinski definition) is 4. The van der Waals surface area contributed by atoms with Gasteiger partial charge in [0.15, 0.2) is 0 Å². The summed E-state index contributed by atoms with van der Waals surface area (Å²) in [5.74, 6) is 2.89. The summed E-state index contributed by atoms with van der Waals surface area (Å²) in [6, 6.07) is 8.19. The van der Waals surface area contributed by atoms with Gasteiger partial charge >= 0.3 is 0 Å². The molecule has 3 aliphatic rings. The number of fused-ring (bicyclic) bond motifs is 2. The van der Waals surface area contributed by atoms with Crippen molar-refractivity contribution in [1.82, 2.24) is 15.3 Å². The highest BCUT2D eigenvalue weighted by molar-refractivity contribution is 5.74. The predicted molar refractivity (Wildman–Crippen MR) is 133 cm³/mol. The van der Waals surface area contributed by atoms with Crippen molar-refractivity contribution in [3.63, 3.8) is 0 Å². The Hall–Kier alpha value is -1.69. The van der Waals surface area contributed by atoms with Crippen molar-refractivity contribution in [3.05, 3.63) is 42.2 Å². The number of aromatic amines is 1. The standard InChI is InChI=1S/C28H41N3O2/c1-18-8-9-22-21(15-29-16-26-30-24-6-4-5-7-25(24)31-26)23(11-13-27(18,22)2)28(3)12-10-20(33)14-19(28)17-32/h4-7,19-23,29,32-33H,1,8-17H2,2-3H3,(H,30,31)/t19-,20+,21+,22+,23+,27-,28+/m1/s1. The number of para-hydroxylation sites is 2. The topological polar surface area (TPSA) is 81.2 Å². The summed E-state index contributed by atoms with van der Waals surface area (Å²) >= 11 is 0. The molecule has 5 rings (SSSR count). The Morgan fingerprint density at radius 2 is 1.97 bits per heavy atom. The van der Waals surface area contributed by atoms with Gasteiger partial charge in [-0.25, -0.2) is 4.98 Å². The molecule has 4 N–H and O–H groups in total. The number of imidazole rings is 1. The molecule has 5 nitrogen and oxygen atoms in total. The summed E-state index contributed by atoms with van der Waals surface area (Å²) in [5.41, 5.74) is 3.86. The molecule has 0 radical (unpaired) electrons. The minimum atomic E-state index is -0.264. The van der Waals surface area contributed by atoms with E-state index in [1.807, 2.05) is 12.1 Å². The van der Waals surface area contributed by atoms with Gasteiger partial charge < -0.3 is 20.5 Å². The van der Waals surface area contributed by atoms with E-state index in [0.717, 1.165) is 55.6 Å². The predicted octanol–water partition coefficient (Wildman–Crippen LogP) is 4.81. The summed E-state index contributed by atoms with van der Waals surface area (Å²) in [6.45, 7) is 11.2. The average molecular weight is 452 g/mol. The van der Waals surface area contributed by atoms with Crippen LogP contribution in [0.1, 0.15) is 64.6 Å². The highest BCUT2D eigenvalue weighted by atomic mass is 16.3. The number of allylic oxidation sites excluding steroid dienone is 1. The third-order valence-electron chi connectivity index (χ3n) is 10.1. The molecule has 1 aromatic heterocycles. The third-order valence-corrected chi connectivity index (χ3v) is 10.1. The molecule has 3 saturated carbocycles. The van der Waals surface area contributed by atoms with Crippen molar-refractivity contribution in [3.8, 4) is 0 Å². The van der Waals surface area contributed by atoms with Crippen LogP contribution in [0, 0.1) is 34.5 Å². The zero-order chi connectivity index (χ0) is 23.2. The average Bonchev–Trinajstić information content (AvgIpc) is 3.36. The van der Waals surface area contributed by atoms with Crippen LogP contribution in [0.2, 0.25) is 0 Å². The second-order valence-corrected chi connectivity index (χ2v) is 11.6. The molecule has 5 heteroatoms. The lowest BCUT2D eigenvalue weighted by Crippen LogP contribution is -2.53. The van der Waals surface area contributed by atoms with Crippen LogP contribution < -0.4 is 5.32 Å². The van der Waals surface area contributed by atoms with E-state index in [1.54, 1.807) is 0 Å². The van der Waals surface area contributed by atoms with Crippen molar-refractivity contribution in [2.45, 2.75) is 71.4 Å². The molecule has 1 heterocycles. The van der Waals surface area contributed by atoms with Gasteiger partial charge in [0.25, 0.3) is 0 Å². The molecule has 0 aliphatic heterocycles. The lowest BCUT2D eigenvalue weighted by molar-refractivity contribution is -0.0933. The zero-order valence-corrected chi connectivity index (χ0v) is 20.3. The molecule has 3 aliphatic carbocycles. The molecule has 2 aromatic rings. The van der Waals surface area contributed by atoms with Crippen LogP contribution >= 0.6 is 0 Å². The molecule has 7 atom stereocenters. The smallest absolute Gasteiger partial charge is 0.121 e. The van der Waals surface area contributed by atoms with Gasteiger partial charge in [-0.05, 0) is 98.1 Å². The first kappa shape index (κ1) is 23.1. The van der Waals surface area contributed by atoms with Gasteiger partial charge in [0.05, 0.1) is 23.7 Å². The number of benzene rings is 1. The molecule has 180 valence electrons. The van der Waals surface area contributed by atoms with Gasteiger partial charge in [-0.2, -0.15) is 0 Å². The van der Waals surface area contributed by atoms with Crippen molar-refractivity contribution in [2.75, 3.05) is 13.2 Å². The van der Waals surface area contributed by atoms with Crippen LogP contribution in [-0.2, 0) is 6.54 Å². The van der Waals surface area contributed by atoms with Gasteiger partial charge in [0, 0.05) is 6.61 Å². The SMILES string of the molecule is C=C1CC[C@H]2[C@H](CNCc3nc4ccccc4[nH]3)[C@@H]([C@@]3(C)CC[C@H](O)C[C@@H]3CO)CC[C@]12C. The molecular weight excluding hydrogens is 410 g/mol. The first-order chi connectivity index (χ1) is 15.8. The van der Waals surface area contributed by atoms with Crippen LogP contribution in [0.25, 0.3) is 11.0 Å². The van der Waals surface area contributed by atoms with Crippen molar-refractivity contribution in [2.24, 2.45) is 34.5 Å². The number of aliphatic hydroxyl groups is 2. The molecule has 0 saturated heterocycles. The number of rotatable bonds is 6. The summed E-state index contributed by atoms with van der Waals surface area (Å²) < 4.78 is 0. The van der Waals surface area contributed by atoms with Crippen LogP contribution in [0.5, 0.6) is 0 Å².